The van der Waals surface area contributed by atoms with Gasteiger partial charge in [0, 0.05) is 23.7 Å². The number of nitrogens with two attached hydrogens (primary N) is 1. The van der Waals surface area contributed by atoms with Gasteiger partial charge in [0.15, 0.2) is 5.13 Å². The Balaban J connectivity index is 1.36. The van der Waals surface area contributed by atoms with E-state index in [1.165, 1.54) is 36.6 Å². The smallest absolute Gasteiger partial charge is 0.328 e. The standard InChI is InChI=1S/C28H34N8O6S3/c1-17-12-20(35-42-17)14-32-28-33-21(16-44-28)15-31-19-6-4-7-22(13-19)45(39,40)36-23-9-11-43-25(23)26(37)34-24(27(38)41-3)8-5-10-30-18(2)29/h4,6-7,9,11-13,16,24,31,36H,5,8,10,14-15H2,1-3H3,(H2,29,30)(H,32,33)(H,34,37)/t24-/m0/s1. The predicted molar refractivity (Wildman–Crippen MR) is 174 cm³/mol. The number of carbonyl (C=O) groups is 2. The summed E-state index contributed by atoms with van der Waals surface area (Å²) in [6.45, 7) is 4.72. The topological polar surface area (TPSA) is 203 Å². The number of rotatable bonds is 16. The average Bonchev–Trinajstić information content (AvgIpc) is 3.77. The van der Waals surface area contributed by atoms with Gasteiger partial charge in [-0.15, -0.1) is 22.7 Å². The quantitative estimate of drug-likeness (QED) is 0.0498. The molecular weight excluding hydrogens is 641 g/mol. The van der Waals surface area contributed by atoms with Crippen molar-refractivity contribution in [3.8, 4) is 0 Å². The van der Waals surface area contributed by atoms with Crippen molar-refractivity contribution in [2.45, 2.75) is 50.7 Å². The van der Waals surface area contributed by atoms with Crippen LogP contribution >= 0.6 is 22.7 Å². The number of esters is 1. The summed E-state index contributed by atoms with van der Waals surface area (Å²) in [5.41, 5.74) is 7.74. The van der Waals surface area contributed by atoms with Crippen molar-refractivity contribution in [1.29, 1.82) is 0 Å². The molecule has 1 amide bonds. The fourth-order valence-corrected chi connectivity index (χ4v) is 6.68. The molecular formula is C28H34N8O6S3. The van der Waals surface area contributed by atoms with Gasteiger partial charge in [0.05, 0.1) is 42.3 Å². The molecule has 14 nitrogen and oxygen atoms in total. The molecule has 0 unspecified atom stereocenters. The van der Waals surface area contributed by atoms with Crippen LogP contribution < -0.4 is 26.4 Å². The summed E-state index contributed by atoms with van der Waals surface area (Å²) in [5, 5.41) is 17.2. The van der Waals surface area contributed by atoms with Crippen LogP contribution in [0.2, 0.25) is 0 Å². The first kappa shape index (κ1) is 33.4. The second kappa shape index (κ2) is 15.5. The van der Waals surface area contributed by atoms with Crippen molar-refractivity contribution in [3.05, 3.63) is 69.2 Å². The van der Waals surface area contributed by atoms with E-state index in [1.54, 1.807) is 24.4 Å². The lowest BCUT2D eigenvalue weighted by Crippen LogP contribution is -2.41. The van der Waals surface area contributed by atoms with Gasteiger partial charge in [-0.25, -0.2) is 18.2 Å². The number of benzene rings is 1. The van der Waals surface area contributed by atoms with E-state index in [0.29, 0.717) is 37.6 Å². The molecule has 0 saturated carbocycles. The lowest BCUT2D eigenvalue weighted by atomic mass is 10.1. The van der Waals surface area contributed by atoms with Gasteiger partial charge in [-0.05, 0) is 56.3 Å². The Bertz CT molecular complexity index is 1740. The van der Waals surface area contributed by atoms with Crippen molar-refractivity contribution in [2.75, 3.05) is 29.0 Å². The van der Waals surface area contributed by atoms with Gasteiger partial charge in [-0.3, -0.25) is 14.5 Å². The second-order valence-corrected chi connectivity index (χ2v) is 13.2. The third-order valence-corrected chi connectivity index (χ3v) is 9.31. The number of aliphatic imine (C=N–C) groups is 1. The van der Waals surface area contributed by atoms with Crippen LogP contribution in [-0.2, 0) is 32.6 Å². The Morgan fingerprint density at radius 3 is 2.67 bits per heavy atom. The van der Waals surface area contributed by atoms with E-state index in [0.717, 1.165) is 33.6 Å². The highest BCUT2D eigenvalue weighted by atomic mass is 32.2. The normalized spacial score (nSPS) is 12.4. The number of methoxy groups -OCH3 is 1. The Labute approximate surface area is 268 Å². The molecule has 0 saturated heterocycles. The van der Waals surface area contributed by atoms with Crippen LogP contribution in [0.3, 0.4) is 0 Å². The monoisotopic (exact) mass is 674 g/mol. The van der Waals surface area contributed by atoms with Crippen molar-refractivity contribution in [3.63, 3.8) is 0 Å². The largest absolute Gasteiger partial charge is 0.467 e. The van der Waals surface area contributed by atoms with Crippen LogP contribution in [0.5, 0.6) is 0 Å². The molecule has 240 valence electrons. The molecule has 4 rings (SSSR count). The zero-order valence-electron chi connectivity index (χ0n) is 24.8. The maximum absolute atomic E-state index is 13.3. The molecule has 0 spiro atoms. The highest BCUT2D eigenvalue weighted by Crippen LogP contribution is 2.27. The zero-order valence-corrected chi connectivity index (χ0v) is 27.3. The van der Waals surface area contributed by atoms with Gasteiger partial charge in [-0.1, -0.05) is 11.2 Å². The minimum atomic E-state index is -4.07. The van der Waals surface area contributed by atoms with Crippen molar-refractivity contribution in [1.82, 2.24) is 15.5 Å². The highest BCUT2D eigenvalue weighted by Gasteiger charge is 2.25. The SMILES string of the molecule is COC(=O)[C@H](CCCN=C(C)N)NC(=O)c1sccc1NS(=O)(=O)c1cccc(NCc2csc(NCc3cc(C)on3)n2)c1. The summed E-state index contributed by atoms with van der Waals surface area (Å²) in [6.07, 6.45) is 0.746. The lowest BCUT2D eigenvalue weighted by Gasteiger charge is -2.16. The molecule has 45 heavy (non-hydrogen) atoms. The maximum atomic E-state index is 13.3. The van der Waals surface area contributed by atoms with Crippen LogP contribution in [0.4, 0.5) is 16.5 Å². The minimum absolute atomic E-state index is 0.00298. The number of amides is 1. The summed E-state index contributed by atoms with van der Waals surface area (Å²) in [5.74, 6) is -0.0776. The van der Waals surface area contributed by atoms with E-state index in [4.69, 9.17) is 15.0 Å². The first-order chi connectivity index (χ1) is 21.5. The number of amidine groups is 1. The van der Waals surface area contributed by atoms with Crippen LogP contribution in [-0.4, -0.2) is 56.0 Å². The molecule has 0 fully saturated rings. The number of aryl methyl sites for hydroxylation is 1. The zero-order chi connectivity index (χ0) is 32.4. The first-order valence-electron chi connectivity index (χ1n) is 13.7. The Morgan fingerprint density at radius 2 is 1.93 bits per heavy atom. The summed E-state index contributed by atoms with van der Waals surface area (Å²) >= 11 is 2.48. The van der Waals surface area contributed by atoms with E-state index >= 15 is 0 Å². The van der Waals surface area contributed by atoms with E-state index in [-0.39, 0.29) is 21.9 Å². The molecule has 17 heteroatoms. The number of nitrogens with zero attached hydrogens (tertiary/aromatic N) is 3. The van der Waals surface area contributed by atoms with Crippen LogP contribution in [0.1, 0.15) is 46.6 Å². The van der Waals surface area contributed by atoms with Gasteiger partial charge in [0.1, 0.15) is 22.4 Å². The van der Waals surface area contributed by atoms with Gasteiger partial charge < -0.3 is 30.9 Å². The Hall–Kier alpha value is -4.48. The van der Waals surface area contributed by atoms with Crippen LogP contribution in [0.15, 0.2) is 61.6 Å². The number of aromatic nitrogens is 2. The number of thiophene rings is 1. The molecule has 0 aliphatic rings. The molecule has 4 aromatic rings. The Kier molecular flexibility index (Phi) is 11.5. The highest BCUT2D eigenvalue weighted by molar-refractivity contribution is 7.92. The number of hydrogen-bond acceptors (Lipinski definition) is 13. The average molecular weight is 675 g/mol. The van der Waals surface area contributed by atoms with E-state index in [1.807, 2.05) is 18.4 Å². The number of nitrogens with one attached hydrogen (secondary N) is 4. The molecule has 0 bridgehead atoms. The number of hydrogen-bond donors (Lipinski definition) is 5. The molecule has 0 radical (unpaired) electrons. The van der Waals surface area contributed by atoms with Gasteiger partial charge in [-0.2, -0.15) is 0 Å². The summed E-state index contributed by atoms with van der Waals surface area (Å²) in [6, 6.07) is 8.70. The first-order valence-corrected chi connectivity index (χ1v) is 17.0. The maximum Gasteiger partial charge on any atom is 0.328 e. The van der Waals surface area contributed by atoms with Crippen molar-refractivity contribution < 1.29 is 27.3 Å². The molecule has 1 atom stereocenters. The third kappa shape index (κ3) is 9.75. The molecule has 0 aliphatic carbocycles. The van der Waals surface area contributed by atoms with Crippen molar-refractivity contribution >= 4 is 66.9 Å². The number of thiazole rings is 1. The van der Waals surface area contributed by atoms with Crippen LogP contribution in [0, 0.1) is 6.92 Å². The minimum Gasteiger partial charge on any atom is -0.467 e. The molecule has 3 aromatic heterocycles. The number of anilines is 3. The number of ether oxygens (including phenoxy) is 1. The predicted octanol–water partition coefficient (Wildman–Crippen LogP) is 3.95. The molecule has 6 N–H and O–H groups in total. The van der Waals surface area contributed by atoms with E-state index < -0.39 is 27.9 Å². The molecule has 3 heterocycles. The lowest BCUT2D eigenvalue weighted by molar-refractivity contribution is -0.143. The van der Waals surface area contributed by atoms with E-state index in [2.05, 4.69) is 35.8 Å². The fraction of sp³-hybridized carbons (Fsp3) is 0.321. The second-order valence-electron chi connectivity index (χ2n) is 9.79. The van der Waals surface area contributed by atoms with E-state index in [9.17, 15) is 18.0 Å². The number of sulfonamides is 1. The summed E-state index contributed by atoms with van der Waals surface area (Å²) in [7, 11) is -2.84. The van der Waals surface area contributed by atoms with Gasteiger partial charge in [0.25, 0.3) is 15.9 Å². The fourth-order valence-electron chi connectivity index (χ4n) is 4.04. The summed E-state index contributed by atoms with van der Waals surface area (Å²) < 4.78 is 39.0. The van der Waals surface area contributed by atoms with Gasteiger partial charge in [0.2, 0.25) is 0 Å². The Morgan fingerprint density at radius 1 is 1.13 bits per heavy atom. The van der Waals surface area contributed by atoms with Crippen molar-refractivity contribution in [2.24, 2.45) is 10.7 Å². The molecule has 1 aromatic carbocycles. The third-order valence-electron chi connectivity index (χ3n) is 6.19. The van der Waals surface area contributed by atoms with Crippen LogP contribution in [0.25, 0.3) is 0 Å². The van der Waals surface area contributed by atoms with Gasteiger partial charge >= 0.3 is 5.97 Å². The number of carbonyl (C=O) groups excluding carboxylic acids is 2. The summed E-state index contributed by atoms with van der Waals surface area (Å²) in [4.78, 5) is 34.1. The molecule has 0 aliphatic heterocycles.